The number of esters is 1. The maximum absolute atomic E-state index is 12.0. The van der Waals surface area contributed by atoms with Gasteiger partial charge in [0.25, 0.3) is 0 Å². The zero-order valence-electron chi connectivity index (χ0n) is 12.9. The molecule has 0 saturated heterocycles. The van der Waals surface area contributed by atoms with Crippen molar-refractivity contribution in [3.05, 3.63) is 23.3 Å². The minimum atomic E-state index is -0.630. The van der Waals surface area contributed by atoms with E-state index in [9.17, 15) is 14.4 Å². The molecule has 6 nitrogen and oxygen atoms in total. The lowest BCUT2D eigenvalue weighted by Crippen LogP contribution is -2.40. The minimum absolute atomic E-state index is 0.267. The highest BCUT2D eigenvalue weighted by atomic mass is 16.5. The number of anilines is 1. The summed E-state index contributed by atoms with van der Waals surface area (Å²) < 4.78 is 5.03. The number of benzene rings is 1. The van der Waals surface area contributed by atoms with Gasteiger partial charge in [-0.2, -0.15) is 0 Å². The zero-order valence-corrected chi connectivity index (χ0v) is 12.9. The van der Waals surface area contributed by atoms with Gasteiger partial charge >= 0.3 is 5.97 Å². The average Bonchev–Trinajstić information content (AvgIpc) is 2.31. The van der Waals surface area contributed by atoms with Gasteiger partial charge in [-0.1, -0.05) is 0 Å². The van der Waals surface area contributed by atoms with Crippen molar-refractivity contribution in [3.63, 3.8) is 0 Å². The summed E-state index contributed by atoms with van der Waals surface area (Å²) in [4.78, 5) is 33.9. The van der Waals surface area contributed by atoms with Crippen LogP contribution in [0.3, 0.4) is 0 Å². The van der Waals surface area contributed by atoms with Gasteiger partial charge in [-0.15, -0.1) is 0 Å². The second-order valence-electron chi connectivity index (χ2n) is 4.94. The lowest BCUT2D eigenvalue weighted by atomic mass is 10.1. The Kier molecular flexibility index (Phi) is 5.46. The van der Waals surface area contributed by atoms with Crippen LogP contribution in [0, 0.1) is 13.8 Å². The van der Waals surface area contributed by atoms with E-state index in [0.717, 1.165) is 11.1 Å². The molecule has 21 heavy (non-hydrogen) atoms. The Bertz CT molecular complexity index is 558. The van der Waals surface area contributed by atoms with Crippen LogP contribution in [0.15, 0.2) is 12.1 Å². The SMILES string of the molecule is CC(=O)NC(C)C(=O)Nc1c(C)cc(OC(C)=O)cc1C. The van der Waals surface area contributed by atoms with E-state index in [4.69, 9.17) is 4.74 Å². The molecule has 0 bridgehead atoms. The summed E-state index contributed by atoms with van der Waals surface area (Å²) in [5.41, 5.74) is 2.19. The van der Waals surface area contributed by atoms with Crippen molar-refractivity contribution in [2.24, 2.45) is 0 Å². The molecule has 1 aromatic carbocycles. The smallest absolute Gasteiger partial charge is 0.308 e. The summed E-state index contributed by atoms with van der Waals surface area (Å²) in [6.07, 6.45) is 0. The predicted molar refractivity (Wildman–Crippen MR) is 79.1 cm³/mol. The monoisotopic (exact) mass is 292 g/mol. The molecule has 0 aliphatic heterocycles. The Labute approximate surface area is 123 Å². The summed E-state index contributed by atoms with van der Waals surface area (Å²) in [7, 11) is 0. The third-order valence-corrected chi connectivity index (χ3v) is 2.83. The minimum Gasteiger partial charge on any atom is -0.427 e. The Morgan fingerprint density at radius 2 is 1.62 bits per heavy atom. The van der Waals surface area contributed by atoms with Gasteiger partial charge in [-0.3, -0.25) is 14.4 Å². The highest BCUT2D eigenvalue weighted by Gasteiger charge is 2.16. The van der Waals surface area contributed by atoms with Crippen LogP contribution in [-0.4, -0.2) is 23.8 Å². The van der Waals surface area contributed by atoms with Crippen molar-refractivity contribution in [1.29, 1.82) is 0 Å². The van der Waals surface area contributed by atoms with Crippen molar-refractivity contribution in [3.8, 4) is 5.75 Å². The number of nitrogens with one attached hydrogen (secondary N) is 2. The molecule has 0 saturated carbocycles. The first kappa shape index (κ1) is 16.7. The molecule has 114 valence electrons. The maximum atomic E-state index is 12.0. The van der Waals surface area contributed by atoms with Crippen molar-refractivity contribution in [2.75, 3.05) is 5.32 Å². The fraction of sp³-hybridized carbons (Fsp3) is 0.400. The second kappa shape index (κ2) is 6.88. The molecule has 0 aromatic heterocycles. The average molecular weight is 292 g/mol. The van der Waals surface area contributed by atoms with Crippen LogP contribution in [0.4, 0.5) is 5.69 Å². The Hall–Kier alpha value is -2.37. The van der Waals surface area contributed by atoms with Gasteiger partial charge in [0.15, 0.2) is 0 Å². The molecule has 1 unspecified atom stereocenters. The van der Waals surface area contributed by atoms with Crippen LogP contribution < -0.4 is 15.4 Å². The highest BCUT2D eigenvalue weighted by Crippen LogP contribution is 2.26. The number of amides is 2. The Morgan fingerprint density at radius 1 is 1.10 bits per heavy atom. The van der Waals surface area contributed by atoms with E-state index >= 15 is 0 Å². The van der Waals surface area contributed by atoms with Crippen molar-refractivity contribution >= 4 is 23.5 Å². The fourth-order valence-electron chi connectivity index (χ4n) is 1.95. The fourth-order valence-corrected chi connectivity index (χ4v) is 1.95. The molecular weight excluding hydrogens is 272 g/mol. The molecule has 0 aliphatic carbocycles. The predicted octanol–water partition coefficient (Wildman–Crippen LogP) is 1.69. The van der Waals surface area contributed by atoms with E-state index < -0.39 is 12.0 Å². The topological polar surface area (TPSA) is 84.5 Å². The van der Waals surface area contributed by atoms with Crippen LogP contribution in [0.5, 0.6) is 5.75 Å². The van der Waals surface area contributed by atoms with Crippen LogP contribution >= 0.6 is 0 Å². The first-order valence-electron chi connectivity index (χ1n) is 6.58. The quantitative estimate of drug-likeness (QED) is 0.653. The van der Waals surface area contributed by atoms with Gasteiger partial charge in [0.1, 0.15) is 11.8 Å². The van der Waals surface area contributed by atoms with Gasteiger partial charge < -0.3 is 15.4 Å². The van der Waals surface area contributed by atoms with Gasteiger partial charge in [0.2, 0.25) is 11.8 Å². The lowest BCUT2D eigenvalue weighted by Gasteiger charge is -2.17. The summed E-state index contributed by atoms with van der Waals surface area (Å²) in [5.74, 6) is -0.539. The summed E-state index contributed by atoms with van der Waals surface area (Å²) in [6, 6.07) is 2.72. The first-order chi connectivity index (χ1) is 9.70. The number of carbonyl (C=O) groups excluding carboxylic acids is 3. The van der Waals surface area contributed by atoms with Crippen LogP contribution in [0.1, 0.15) is 31.9 Å². The van der Waals surface area contributed by atoms with Crippen LogP contribution in [0.2, 0.25) is 0 Å². The standard InChI is InChI=1S/C15H20N2O4/c1-8-6-13(21-12(5)19)7-9(2)14(8)17-15(20)10(3)16-11(4)18/h6-7,10H,1-5H3,(H,16,18)(H,17,20). The van der Waals surface area contributed by atoms with E-state index in [1.807, 2.05) is 0 Å². The third-order valence-electron chi connectivity index (χ3n) is 2.83. The molecule has 6 heteroatoms. The molecule has 2 N–H and O–H groups in total. The van der Waals surface area contributed by atoms with Crippen LogP contribution in [-0.2, 0) is 14.4 Å². The molecular formula is C15H20N2O4. The van der Waals surface area contributed by atoms with Crippen molar-refractivity contribution in [1.82, 2.24) is 5.32 Å². The number of aryl methyl sites for hydroxylation is 2. The van der Waals surface area contributed by atoms with Crippen molar-refractivity contribution in [2.45, 2.75) is 40.7 Å². The normalized spacial score (nSPS) is 11.5. The Balaban J connectivity index is 2.91. The van der Waals surface area contributed by atoms with Gasteiger partial charge in [0, 0.05) is 19.5 Å². The zero-order chi connectivity index (χ0) is 16.2. The molecule has 1 atom stereocenters. The summed E-state index contributed by atoms with van der Waals surface area (Å²) in [6.45, 7) is 7.90. The molecule has 1 rings (SSSR count). The van der Waals surface area contributed by atoms with Crippen LogP contribution in [0.25, 0.3) is 0 Å². The Morgan fingerprint density at radius 3 is 2.05 bits per heavy atom. The lowest BCUT2D eigenvalue weighted by molar-refractivity contribution is -0.131. The number of rotatable bonds is 4. The second-order valence-corrected chi connectivity index (χ2v) is 4.94. The molecule has 0 spiro atoms. The summed E-state index contributed by atoms with van der Waals surface area (Å²) >= 11 is 0. The molecule has 0 aliphatic rings. The van der Waals surface area contributed by atoms with Gasteiger partial charge in [0.05, 0.1) is 0 Å². The molecule has 2 amide bonds. The van der Waals surface area contributed by atoms with E-state index in [0.29, 0.717) is 11.4 Å². The van der Waals surface area contributed by atoms with Gasteiger partial charge in [-0.05, 0) is 44.0 Å². The molecule has 0 heterocycles. The number of hydrogen-bond donors (Lipinski definition) is 2. The highest BCUT2D eigenvalue weighted by molar-refractivity contribution is 5.97. The molecule has 0 fully saturated rings. The van der Waals surface area contributed by atoms with E-state index in [1.165, 1.54) is 13.8 Å². The number of ether oxygens (including phenoxy) is 1. The van der Waals surface area contributed by atoms with Gasteiger partial charge in [-0.25, -0.2) is 0 Å². The maximum Gasteiger partial charge on any atom is 0.308 e. The van der Waals surface area contributed by atoms with E-state index in [2.05, 4.69) is 10.6 Å². The largest absolute Gasteiger partial charge is 0.427 e. The summed E-state index contributed by atoms with van der Waals surface area (Å²) in [5, 5.41) is 5.29. The molecule has 1 aromatic rings. The van der Waals surface area contributed by atoms with E-state index in [-0.39, 0.29) is 11.8 Å². The van der Waals surface area contributed by atoms with E-state index in [1.54, 1.807) is 32.9 Å². The number of hydrogen-bond acceptors (Lipinski definition) is 4. The van der Waals surface area contributed by atoms with Crippen molar-refractivity contribution < 1.29 is 19.1 Å². The number of carbonyl (C=O) groups is 3. The third kappa shape index (κ3) is 4.91. The molecule has 0 radical (unpaired) electrons. The first-order valence-corrected chi connectivity index (χ1v) is 6.58.